The SMILES string of the molecule is C#Cc1cc(CCC[C@@H](C)NC(=O)OCc2ccccc2)cc(C(F)(F)F)c1. The molecule has 0 aromatic heterocycles. The highest BCUT2D eigenvalue weighted by Crippen LogP contribution is 2.31. The molecule has 0 aliphatic carbocycles. The zero-order valence-corrected chi connectivity index (χ0v) is 15.6. The minimum atomic E-state index is -4.43. The van der Waals surface area contributed by atoms with Crippen molar-refractivity contribution in [2.45, 2.75) is 45.0 Å². The van der Waals surface area contributed by atoms with Crippen LogP contribution in [0.25, 0.3) is 0 Å². The van der Waals surface area contributed by atoms with Gasteiger partial charge in [0.1, 0.15) is 6.61 Å². The van der Waals surface area contributed by atoms with Gasteiger partial charge in [0.25, 0.3) is 0 Å². The predicted octanol–water partition coefficient (Wildman–Crippen LogP) is 5.32. The highest BCUT2D eigenvalue weighted by atomic mass is 19.4. The number of benzene rings is 2. The minimum absolute atomic E-state index is 0.166. The molecule has 2 rings (SSSR count). The summed E-state index contributed by atoms with van der Waals surface area (Å²) in [5.41, 5.74) is 0.884. The van der Waals surface area contributed by atoms with Crippen molar-refractivity contribution in [1.82, 2.24) is 5.32 Å². The van der Waals surface area contributed by atoms with Gasteiger partial charge in [0, 0.05) is 11.6 Å². The number of halogens is 3. The zero-order valence-electron chi connectivity index (χ0n) is 15.6. The van der Waals surface area contributed by atoms with Gasteiger partial charge in [-0.3, -0.25) is 0 Å². The van der Waals surface area contributed by atoms with Crippen LogP contribution in [0.2, 0.25) is 0 Å². The Labute approximate surface area is 162 Å². The van der Waals surface area contributed by atoms with Gasteiger partial charge in [-0.1, -0.05) is 36.3 Å². The molecule has 0 aliphatic rings. The summed E-state index contributed by atoms with van der Waals surface area (Å²) in [6.07, 6.45) is 1.94. The Hall–Kier alpha value is -2.94. The number of alkyl halides is 3. The highest BCUT2D eigenvalue weighted by molar-refractivity contribution is 5.67. The van der Waals surface area contributed by atoms with Crippen LogP contribution in [-0.2, 0) is 23.9 Å². The summed E-state index contributed by atoms with van der Waals surface area (Å²) >= 11 is 0. The van der Waals surface area contributed by atoms with Crippen molar-refractivity contribution in [2.75, 3.05) is 0 Å². The summed E-state index contributed by atoms with van der Waals surface area (Å²) in [4.78, 5) is 11.8. The number of hydrogen-bond donors (Lipinski definition) is 1. The Morgan fingerprint density at radius 1 is 1.18 bits per heavy atom. The predicted molar refractivity (Wildman–Crippen MR) is 102 cm³/mol. The fraction of sp³-hybridized carbons (Fsp3) is 0.318. The minimum Gasteiger partial charge on any atom is -0.445 e. The van der Waals surface area contributed by atoms with E-state index in [1.54, 1.807) is 6.07 Å². The molecule has 28 heavy (non-hydrogen) atoms. The quantitative estimate of drug-likeness (QED) is 0.651. The second kappa shape index (κ2) is 9.84. The van der Waals surface area contributed by atoms with Crippen LogP contribution in [-0.4, -0.2) is 12.1 Å². The van der Waals surface area contributed by atoms with Crippen LogP contribution in [0.1, 0.15) is 42.0 Å². The lowest BCUT2D eigenvalue weighted by Crippen LogP contribution is -2.33. The van der Waals surface area contributed by atoms with Crippen molar-refractivity contribution in [3.05, 3.63) is 70.8 Å². The Kier molecular flexibility index (Phi) is 7.51. The molecule has 148 valence electrons. The van der Waals surface area contributed by atoms with E-state index in [0.29, 0.717) is 24.8 Å². The fourth-order valence-electron chi connectivity index (χ4n) is 2.73. The lowest BCUT2D eigenvalue weighted by molar-refractivity contribution is -0.137. The molecule has 1 atom stereocenters. The summed E-state index contributed by atoms with van der Waals surface area (Å²) in [5.74, 6) is 2.26. The maximum absolute atomic E-state index is 12.9. The third-order valence-electron chi connectivity index (χ3n) is 4.17. The van der Waals surface area contributed by atoms with E-state index in [9.17, 15) is 18.0 Å². The van der Waals surface area contributed by atoms with E-state index >= 15 is 0 Å². The first-order valence-electron chi connectivity index (χ1n) is 8.93. The molecule has 0 unspecified atom stereocenters. The lowest BCUT2D eigenvalue weighted by Gasteiger charge is -2.14. The van der Waals surface area contributed by atoms with Gasteiger partial charge in [-0.15, -0.1) is 6.42 Å². The summed E-state index contributed by atoms with van der Waals surface area (Å²) < 4.78 is 44.0. The number of amides is 1. The van der Waals surface area contributed by atoms with Crippen molar-refractivity contribution in [3.8, 4) is 12.3 Å². The average Bonchev–Trinajstić information content (AvgIpc) is 2.66. The highest BCUT2D eigenvalue weighted by Gasteiger charge is 2.31. The van der Waals surface area contributed by atoms with Crippen LogP contribution in [0, 0.1) is 12.3 Å². The molecule has 2 aromatic carbocycles. The largest absolute Gasteiger partial charge is 0.445 e. The van der Waals surface area contributed by atoms with Crippen LogP contribution in [0.5, 0.6) is 0 Å². The molecule has 0 heterocycles. The van der Waals surface area contributed by atoms with Gasteiger partial charge in [0.2, 0.25) is 0 Å². The monoisotopic (exact) mass is 389 g/mol. The van der Waals surface area contributed by atoms with Crippen molar-refractivity contribution < 1.29 is 22.7 Å². The second-order valence-electron chi connectivity index (χ2n) is 6.56. The molecule has 0 radical (unpaired) electrons. The molecule has 0 saturated carbocycles. The molecule has 1 N–H and O–H groups in total. The number of aryl methyl sites for hydroxylation is 1. The molecule has 0 bridgehead atoms. The molecule has 0 spiro atoms. The van der Waals surface area contributed by atoms with E-state index in [1.807, 2.05) is 37.3 Å². The van der Waals surface area contributed by atoms with Gasteiger partial charge in [-0.05, 0) is 55.5 Å². The van der Waals surface area contributed by atoms with Crippen LogP contribution in [0.4, 0.5) is 18.0 Å². The third kappa shape index (κ3) is 6.99. The Morgan fingerprint density at radius 2 is 1.89 bits per heavy atom. The van der Waals surface area contributed by atoms with Gasteiger partial charge < -0.3 is 10.1 Å². The number of alkyl carbamates (subject to hydrolysis) is 1. The molecule has 2 aromatic rings. The maximum atomic E-state index is 12.9. The number of terminal acetylenes is 1. The van der Waals surface area contributed by atoms with Gasteiger partial charge in [0.15, 0.2) is 0 Å². The van der Waals surface area contributed by atoms with Gasteiger partial charge in [-0.2, -0.15) is 13.2 Å². The molecule has 0 saturated heterocycles. The molecular formula is C22H22F3NO2. The van der Waals surface area contributed by atoms with Gasteiger partial charge >= 0.3 is 12.3 Å². The number of ether oxygens (including phenoxy) is 1. The summed E-state index contributed by atoms with van der Waals surface area (Å²) in [5, 5.41) is 2.72. The normalized spacial score (nSPS) is 12.1. The van der Waals surface area contributed by atoms with Gasteiger partial charge in [-0.25, -0.2) is 4.79 Å². The number of hydrogen-bond acceptors (Lipinski definition) is 2. The molecular weight excluding hydrogens is 367 g/mol. The van der Waals surface area contributed by atoms with Crippen molar-refractivity contribution >= 4 is 6.09 Å². The Balaban J connectivity index is 1.79. The zero-order chi connectivity index (χ0) is 20.6. The smallest absolute Gasteiger partial charge is 0.416 e. The molecule has 0 aliphatic heterocycles. The van der Waals surface area contributed by atoms with Gasteiger partial charge in [0.05, 0.1) is 5.56 Å². The lowest BCUT2D eigenvalue weighted by atomic mass is 10.0. The molecule has 1 amide bonds. The van der Waals surface area contributed by atoms with E-state index in [4.69, 9.17) is 11.2 Å². The number of nitrogens with one attached hydrogen (secondary N) is 1. The van der Waals surface area contributed by atoms with Crippen molar-refractivity contribution in [1.29, 1.82) is 0 Å². The molecule has 0 fully saturated rings. The fourth-order valence-corrected chi connectivity index (χ4v) is 2.73. The second-order valence-corrected chi connectivity index (χ2v) is 6.56. The first kappa shape index (κ1) is 21.4. The standard InChI is InChI=1S/C22H22F3NO2/c1-3-17-12-19(14-20(13-17)22(23,24)25)11-7-8-16(2)26-21(27)28-15-18-9-5-4-6-10-18/h1,4-6,9-10,12-14,16H,7-8,11,15H2,2H3,(H,26,27)/t16-/m1/s1. The Morgan fingerprint density at radius 3 is 2.54 bits per heavy atom. The van der Waals surface area contributed by atoms with Crippen molar-refractivity contribution in [2.24, 2.45) is 0 Å². The third-order valence-corrected chi connectivity index (χ3v) is 4.17. The molecule has 3 nitrogen and oxygen atoms in total. The van der Waals surface area contributed by atoms with E-state index < -0.39 is 17.8 Å². The summed E-state index contributed by atoms with van der Waals surface area (Å²) in [6.45, 7) is 2.00. The first-order valence-corrected chi connectivity index (χ1v) is 8.93. The van der Waals surface area contributed by atoms with Crippen LogP contribution in [0.3, 0.4) is 0 Å². The summed E-state index contributed by atoms with van der Waals surface area (Å²) in [7, 11) is 0. The maximum Gasteiger partial charge on any atom is 0.416 e. The topological polar surface area (TPSA) is 38.3 Å². The first-order chi connectivity index (χ1) is 13.3. The van der Waals surface area contributed by atoms with E-state index in [1.165, 1.54) is 0 Å². The Bertz CT molecular complexity index is 826. The number of rotatable bonds is 7. The number of carbonyl (C=O) groups excluding carboxylic acids is 1. The molecule has 6 heteroatoms. The van der Waals surface area contributed by atoms with E-state index in [-0.39, 0.29) is 18.2 Å². The van der Waals surface area contributed by atoms with E-state index in [0.717, 1.165) is 17.7 Å². The van der Waals surface area contributed by atoms with E-state index in [2.05, 4.69) is 11.2 Å². The van der Waals surface area contributed by atoms with Crippen LogP contribution in [0.15, 0.2) is 48.5 Å². The van der Waals surface area contributed by atoms with Crippen LogP contribution < -0.4 is 5.32 Å². The number of carbonyl (C=O) groups is 1. The average molecular weight is 389 g/mol. The van der Waals surface area contributed by atoms with Crippen molar-refractivity contribution in [3.63, 3.8) is 0 Å². The van der Waals surface area contributed by atoms with Crippen LogP contribution >= 0.6 is 0 Å². The summed E-state index contributed by atoms with van der Waals surface area (Å²) in [6, 6.07) is 12.8.